The van der Waals surface area contributed by atoms with Crippen LogP contribution in [0, 0.1) is 0 Å². The Labute approximate surface area is 218 Å². The molecule has 2 amide bonds. The van der Waals surface area contributed by atoms with Gasteiger partial charge in [0.2, 0.25) is 5.91 Å². The number of nitrogens with one attached hydrogen (secondary N) is 1. The number of nitrogens with zero attached hydrogens (tertiary/aromatic N) is 1. The topological polar surface area (TPSA) is 77.1 Å². The van der Waals surface area contributed by atoms with Crippen LogP contribution < -0.4 is 10.1 Å². The number of hydrogen-bond donors (Lipinski definition) is 1. The molecular weight excluding hydrogens is 476 g/mol. The maximum atomic E-state index is 13.0. The summed E-state index contributed by atoms with van der Waals surface area (Å²) in [5.74, 6) is 0.300. The molecule has 1 aromatic rings. The van der Waals surface area contributed by atoms with E-state index in [1.807, 2.05) is 36.1 Å². The van der Waals surface area contributed by atoms with Gasteiger partial charge in [-0.15, -0.1) is 0 Å². The second-order valence-electron chi connectivity index (χ2n) is 9.90. The van der Waals surface area contributed by atoms with Crippen LogP contribution in [-0.4, -0.2) is 60.0 Å². The molecule has 1 aromatic carbocycles. The van der Waals surface area contributed by atoms with E-state index >= 15 is 0 Å². The van der Waals surface area contributed by atoms with Gasteiger partial charge in [-0.25, -0.2) is 0 Å². The number of ether oxygens (including phenoxy) is 3. The Morgan fingerprint density at radius 3 is 2.69 bits per heavy atom. The SMILES string of the molecule is COc1ccc(CN2C(=O)SC[C@@H]2[C@@]2(OC)C[C@H]3C[C@@H](CCC/C=C/CC/C(C)=C\C(=O)N3)O2)cc1. The van der Waals surface area contributed by atoms with Gasteiger partial charge in [0.05, 0.1) is 19.3 Å². The molecule has 0 aliphatic carbocycles. The third-order valence-electron chi connectivity index (χ3n) is 7.28. The number of thioether (sulfide) groups is 1. The Bertz CT molecular complexity index is 979. The molecule has 0 saturated carbocycles. The lowest BCUT2D eigenvalue weighted by Crippen LogP contribution is -2.62. The van der Waals surface area contributed by atoms with Crippen molar-refractivity contribution in [2.75, 3.05) is 20.0 Å². The number of allylic oxidation sites excluding steroid dienone is 3. The molecule has 196 valence electrons. The monoisotopic (exact) mass is 514 g/mol. The first-order valence-electron chi connectivity index (χ1n) is 12.8. The number of benzene rings is 1. The third kappa shape index (κ3) is 6.52. The summed E-state index contributed by atoms with van der Waals surface area (Å²) in [7, 11) is 3.30. The highest BCUT2D eigenvalue weighted by atomic mass is 32.2. The second kappa shape index (κ2) is 12.3. The Morgan fingerprint density at radius 1 is 1.17 bits per heavy atom. The van der Waals surface area contributed by atoms with Crippen LogP contribution in [0.1, 0.15) is 57.4 Å². The quantitative estimate of drug-likeness (QED) is 0.544. The van der Waals surface area contributed by atoms with Gasteiger partial charge in [-0.05, 0) is 63.1 Å². The lowest BCUT2D eigenvalue weighted by molar-refractivity contribution is -0.294. The number of methoxy groups -OCH3 is 2. The van der Waals surface area contributed by atoms with Crippen molar-refractivity contribution in [1.82, 2.24) is 10.2 Å². The van der Waals surface area contributed by atoms with E-state index in [2.05, 4.69) is 17.5 Å². The van der Waals surface area contributed by atoms with Crippen molar-refractivity contribution in [2.45, 2.75) is 82.4 Å². The smallest absolute Gasteiger partial charge is 0.282 e. The second-order valence-corrected chi connectivity index (χ2v) is 10.9. The molecule has 36 heavy (non-hydrogen) atoms. The number of fused-ring (bicyclic) bond motifs is 2. The molecule has 2 bridgehead atoms. The molecule has 3 aliphatic heterocycles. The minimum absolute atomic E-state index is 0.0180. The molecule has 0 spiro atoms. The van der Waals surface area contributed by atoms with Crippen molar-refractivity contribution >= 4 is 22.9 Å². The standard InChI is InChI=1S/C28H38N2O5S/c1-20-9-7-5-4-6-8-10-24-16-22(29-26(31)15-20)17-28(34-3,35-24)25-19-36-27(32)30(25)18-21-11-13-23(33-2)14-12-21/h4-5,11-15,22,24-25H,6-10,16-19H2,1-3H3,(H,29,31)/b5-4+,20-15-/t22-,24-,25-,28-/m1/s1. The molecular formula is C28H38N2O5S. The summed E-state index contributed by atoms with van der Waals surface area (Å²) in [6.07, 6.45) is 12.0. The van der Waals surface area contributed by atoms with Crippen molar-refractivity contribution in [2.24, 2.45) is 0 Å². The number of rotatable bonds is 5. The molecule has 0 radical (unpaired) electrons. The number of hydrogen-bond acceptors (Lipinski definition) is 6. The molecule has 4 atom stereocenters. The van der Waals surface area contributed by atoms with Gasteiger partial charge in [0.25, 0.3) is 5.24 Å². The molecule has 7 nitrogen and oxygen atoms in total. The maximum Gasteiger partial charge on any atom is 0.282 e. The number of carbonyl (C=O) groups excluding carboxylic acids is 2. The van der Waals surface area contributed by atoms with E-state index in [1.54, 1.807) is 20.3 Å². The van der Waals surface area contributed by atoms with Crippen molar-refractivity contribution < 1.29 is 23.8 Å². The van der Waals surface area contributed by atoms with Gasteiger partial charge < -0.3 is 24.4 Å². The first kappa shape index (κ1) is 26.8. The Hall–Kier alpha value is -2.29. The van der Waals surface area contributed by atoms with Gasteiger partial charge in [0.15, 0.2) is 5.79 Å². The van der Waals surface area contributed by atoms with Crippen molar-refractivity contribution in [3.8, 4) is 5.75 Å². The minimum atomic E-state index is -0.988. The molecule has 1 N–H and O–H groups in total. The molecule has 4 rings (SSSR count). The first-order chi connectivity index (χ1) is 17.4. The van der Waals surface area contributed by atoms with E-state index in [0.717, 1.165) is 55.4 Å². The van der Waals surface area contributed by atoms with E-state index in [0.29, 0.717) is 18.7 Å². The molecule has 0 unspecified atom stereocenters. The Balaban J connectivity index is 1.58. The highest BCUT2D eigenvalue weighted by Gasteiger charge is 2.53. The molecule has 8 heteroatoms. The third-order valence-corrected chi connectivity index (χ3v) is 8.24. The van der Waals surface area contributed by atoms with Crippen molar-refractivity contribution in [3.05, 3.63) is 53.6 Å². The van der Waals surface area contributed by atoms with E-state index in [1.165, 1.54) is 11.8 Å². The molecule has 2 fully saturated rings. The van der Waals surface area contributed by atoms with Gasteiger partial charge >= 0.3 is 0 Å². The van der Waals surface area contributed by atoms with Crippen LogP contribution in [0.4, 0.5) is 4.79 Å². The molecule has 3 aliphatic rings. The minimum Gasteiger partial charge on any atom is -0.497 e. The molecule has 0 aromatic heterocycles. The summed E-state index contributed by atoms with van der Waals surface area (Å²) in [6.45, 7) is 2.47. The zero-order valence-electron chi connectivity index (χ0n) is 21.5. The summed E-state index contributed by atoms with van der Waals surface area (Å²) in [5.41, 5.74) is 2.08. The van der Waals surface area contributed by atoms with E-state index in [9.17, 15) is 9.59 Å². The van der Waals surface area contributed by atoms with Crippen molar-refractivity contribution in [1.29, 1.82) is 0 Å². The fraction of sp³-hybridized carbons (Fsp3) is 0.571. The fourth-order valence-electron chi connectivity index (χ4n) is 5.36. The van der Waals surface area contributed by atoms with Gasteiger partial charge in [-0.3, -0.25) is 9.59 Å². The molecule has 2 saturated heterocycles. The largest absolute Gasteiger partial charge is 0.497 e. The van der Waals surface area contributed by atoms with E-state index in [4.69, 9.17) is 14.2 Å². The zero-order valence-corrected chi connectivity index (χ0v) is 22.4. The van der Waals surface area contributed by atoms with E-state index in [-0.39, 0.29) is 29.3 Å². The van der Waals surface area contributed by atoms with Crippen LogP contribution >= 0.6 is 11.8 Å². The average Bonchev–Trinajstić information content (AvgIpc) is 3.23. The van der Waals surface area contributed by atoms with Gasteiger partial charge in [0, 0.05) is 37.9 Å². The lowest BCUT2D eigenvalue weighted by Gasteiger charge is -2.48. The van der Waals surface area contributed by atoms with Crippen LogP contribution in [0.5, 0.6) is 5.75 Å². The van der Waals surface area contributed by atoms with Gasteiger partial charge in [-0.1, -0.05) is 41.6 Å². The molecule has 3 heterocycles. The van der Waals surface area contributed by atoms with Crippen LogP contribution in [0.25, 0.3) is 0 Å². The lowest BCUT2D eigenvalue weighted by atomic mass is 9.89. The normalized spacial score (nSPS) is 32.2. The predicted octanol–water partition coefficient (Wildman–Crippen LogP) is 5.21. The van der Waals surface area contributed by atoms with Crippen LogP contribution in [-0.2, 0) is 20.8 Å². The Kier molecular flexibility index (Phi) is 9.14. The van der Waals surface area contributed by atoms with Crippen molar-refractivity contribution in [3.63, 3.8) is 0 Å². The predicted molar refractivity (Wildman–Crippen MR) is 142 cm³/mol. The van der Waals surface area contributed by atoms with Crippen LogP contribution in [0.2, 0.25) is 0 Å². The maximum absolute atomic E-state index is 13.0. The highest BCUT2D eigenvalue weighted by Crippen LogP contribution is 2.42. The van der Waals surface area contributed by atoms with E-state index < -0.39 is 5.79 Å². The average molecular weight is 515 g/mol. The van der Waals surface area contributed by atoms with Crippen LogP contribution in [0.3, 0.4) is 0 Å². The number of carbonyl (C=O) groups is 2. The summed E-state index contributed by atoms with van der Waals surface area (Å²) in [6, 6.07) is 7.41. The Morgan fingerprint density at radius 2 is 1.94 bits per heavy atom. The highest BCUT2D eigenvalue weighted by molar-refractivity contribution is 8.13. The number of amides is 2. The summed E-state index contributed by atoms with van der Waals surface area (Å²) >= 11 is 1.30. The van der Waals surface area contributed by atoms with Gasteiger partial charge in [0.1, 0.15) is 5.75 Å². The summed E-state index contributed by atoms with van der Waals surface area (Å²) in [4.78, 5) is 27.7. The zero-order chi connectivity index (χ0) is 25.5. The van der Waals surface area contributed by atoms with Gasteiger partial charge in [-0.2, -0.15) is 0 Å². The summed E-state index contributed by atoms with van der Waals surface area (Å²) < 4.78 is 18.1. The van der Waals surface area contributed by atoms with Crippen LogP contribution in [0.15, 0.2) is 48.1 Å². The first-order valence-corrected chi connectivity index (χ1v) is 13.8. The summed E-state index contributed by atoms with van der Waals surface area (Å²) in [5, 5.41) is 3.23. The fourth-order valence-corrected chi connectivity index (χ4v) is 6.45.